The van der Waals surface area contributed by atoms with E-state index in [1.807, 2.05) is 32.0 Å². The molecule has 0 atom stereocenters. The molecule has 0 radical (unpaired) electrons. The van der Waals surface area contributed by atoms with Crippen molar-refractivity contribution in [1.29, 1.82) is 0 Å². The molecule has 0 aliphatic rings. The van der Waals surface area contributed by atoms with Crippen molar-refractivity contribution < 1.29 is 31.4 Å². The number of hydrogen-bond donors (Lipinski definition) is 0. The molecule has 0 aliphatic carbocycles. The fraction of sp³-hybridized carbons (Fsp3) is 0.308. The average Bonchev–Trinajstić information content (AvgIpc) is 2.76. The van der Waals surface area contributed by atoms with E-state index in [0.29, 0.717) is 12.2 Å². The van der Waals surface area contributed by atoms with Crippen LogP contribution in [0.15, 0.2) is 72.8 Å². The lowest BCUT2D eigenvalue weighted by atomic mass is 9.80. The van der Waals surface area contributed by atoms with E-state index in [2.05, 4.69) is 4.74 Å². The summed E-state index contributed by atoms with van der Waals surface area (Å²) in [5.74, 6) is -0.0534. The molecule has 7 heteroatoms. The highest BCUT2D eigenvalue weighted by molar-refractivity contribution is 5.35. The van der Waals surface area contributed by atoms with Crippen molar-refractivity contribution in [3.05, 3.63) is 89.7 Å². The Bertz CT molecular complexity index is 1030. The number of hydrogen-bond acceptors (Lipinski definition) is 2. The van der Waals surface area contributed by atoms with Crippen molar-refractivity contribution >= 4 is 0 Å². The molecule has 0 saturated heterocycles. The molecule has 3 aromatic rings. The van der Waals surface area contributed by atoms with Gasteiger partial charge < -0.3 is 9.47 Å². The third-order valence-electron chi connectivity index (χ3n) is 5.38. The Balaban J connectivity index is 1.59. The van der Waals surface area contributed by atoms with Crippen molar-refractivity contribution in [2.45, 2.75) is 51.1 Å². The summed E-state index contributed by atoms with van der Waals surface area (Å²) in [7, 11) is 0. The number of ether oxygens (including phenoxy) is 2. The lowest BCUT2D eigenvalue weighted by Crippen LogP contribution is -2.33. The predicted molar refractivity (Wildman–Crippen MR) is 117 cm³/mol. The Kier molecular flexibility index (Phi) is 7.61. The van der Waals surface area contributed by atoms with E-state index in [9.17, 15) is 22.0 Å². The van der Waals surface area contributed by atoms with Crippen LogP contribution in [0, 0.1) is 5.82 Å². The van der Waals surface area contributed by atoms with Crippen LogP contribution < -0.4 is 9.47 Å². The van der Waals surface area contributed by atoms with Crippen molar-refractivity contribution in [3.8, 4) is 17.2 Å². The molecule has 0 bridgehead atoms. The summed E-state index contributed by atoms with van der Waals surface area (Å²) < 4.78 is 74.6. The summed E-state index contributed by atoms with van der Waals surface area (Å²) in [5.41, 5.74) is 1.49. The van der Waals surface area contributed by atoms with Gasteiger partial charge in [0.1, 0.15) is 11.5 Å². The molecule has 0 saturated carbocycles. The van der Waals surface area contributed by atoms with Gasteiger partial charge in [0.25, 0.3) is 0 Å². The van der Waals surface area contributed by atoms with Crippen molar-refractivity contribution in [2.24, 2.45) is 0 Å². The van der Waals surface area contributed by atoms with Gasteiger partial charge in [-0.1, -0.05) is 50.2 Å². The van der Waals surface area contributed by atoms with Crippen LogP contribution in [0.4, 0.5) is 22.0 Å². The number of rotatable bonds is 10. The van der Waals surface area contributed by atoms with Crippen LogP contribution in [0.1, 0.15) is 37.8 Å². The van der Waals surface area contributed by atoms with Gasteiger partial charge in [-0.15, -0.1) is 0 Å². The molecule has 0 amide bonds. The van der Waals surface area contributed by atoms with Gasteiger partial charge >= 0.3 is 12.5 Å². The zero-order valence-corrected chi connectivity index (χ0v) is 18.3. The Morgan fingerprint density at radius 2 is 1.52 bits per heavy atom. The lowest BCUT2D eigenvalue weighted by Gasteiger charge is -2.26. The first kappa shape index (κ1) is 24.6. The summed E-state index contributed by atoms with van der Waals surface area (Å²) in [6, 6.07) is 19.5. The quantitative estimate of drug-likeness (QED) is 0.282. The summed E-state index contributed by atoms with van der Waals surface area (Å²) in [6.45, 7) is 4.01. The van der Waals surface area contributed by atoms with Crippen LogP contribution >= 0.6 is 0 Å². The second-order valence-electron chi connectivity index (χ2n) is 8.41. The molecule has 0 unspecified atom stereocenters. The van der Waals surface area contributed by atoms with Gasteiger partial charge in [0.15, 0.2) is 11.6 Å². The number of benzene rings is 3. The molecule has 0 fully saturated rings. The van der Waals surface area contributed by atoms with Gasteiger partial charge in [0.05, 0.1) is 0 Å². The number of alkyl halides is 4. The number of halogens is 5. The second kappa shape index (κ2) is 10.2. The smallest absolute Gasteiger partial charge is 0.454 e. The minimum atomic E-state index is -4.53. The minimum absolute atomic E-state index is 0.161. The van der Waals surface area contributed by atoms with Gasteiger partial charge in [-0.2, -0.15) is 17.6 Å². The standard InChI is InChI=1S/C26H25F5O2/c1-25(2,19-11-13-21(14-12-19)33-26(30,31)24(28)29)16-6-7-18-10-15-22(27)23(17-18)32-20-8-4-3-5-9-20/h3-5,8-15,17,24H,6-7,16H2,1-2H3. The van der Waals surface area contributed by atoms with E-state index < -0.39 is 18.4 Å². The Morgan fingerprint density at radius 1 is 0.848 bits per heavy atom. The van der Waals surface area contributed by atoms with Crippen LogP contribution in [0.2, 0.25) is 0 Å². The highest BCUT2D eigenvalue weighted by Crippen LogP contribution is 2.33. The third-order valence-corrected chi connectivity index (χ3v) is 5.38. The van der Waals surface area contributed by atoms with E-state index in [4.69, 9.17) is 4.74 Å². The first-order chi connectivity index (χ1) is 15.6. The number of aryl methyl sites for hydroxylation is 1. The molecule has 0 N–H and O–H groups in total. The van der Waals surface area contributed by atoms with E-state index in [1.165, 1.54) is 18.2 Å². The van der Waals surface area contributed by atoms with Crippen molar-refractivity contribution in [1.82, 2.24) is 0 Å². The molecule has 0 aliphatic heterocycles. The highest BCUT2D eigenvalue weighted by atomic mass is 19.3. The van der Waals surface area contributed by atoms with E-state index in [-0.39, 0.29) is 16.9 Å². The van der Waals surface area contributed by atoms with Crippen molar-refractivity contribution in [2.75, 3.05) is 0 Å². The SMILES string of the molecule is CC(C)(CCCc1ccc(F)c(Oc2ccccc2)c1)c1ccc(OC(F)(F)C(F)F)cc1. The molecule has 3 rings (SSSR count). The Labute approximate surface area is 190 Å². The maximum absolute atomic E-state index is 14.1. The van der Waals surface area contributed by atoms with E-state index in [0.717, 1.165) is 24.0 Å². The minimum Gasteiger partial charge on any atom is -0.454 e. The molecular formula is C26H25F5O2. The molecule has 33 heavy (non-hydrogen) atoms. The largest absolute Gasteiger partial charge is 0.461 e. The molecule has 2 nitrogen and oxygen atoms in total. The molecule has 0 heterocycles. The zero-order chi connectivity index (χ0) is 24.1. The van der Waals surface area contributed by atoms with Gasteiger partial charge in [-0.25, -0.2) is 4.39 Å². The summed E-state index contributed by atoms with van der Waals surface area (Å²) in [6.07, 6.45) is -6.21. The van der Waals surface area contributed by atoms with Crippen LogP contribution in [0.3, 0.4) is 0 Å². The first-order valence-corrected chi connectivity index (χ1v) is 10.5. The van der Waals surface area contributed by atoms with Crippen LogP contribution in [-0.4, -0.2) is 12.5 Å². The maximum Gasteiger partial charge on any atom is 0.461 e. The fourth-order valence-corrected chi connectivity index (χ4v) is 3.45. The molecular weight excluding hydrogens is 439 g/mol. The lowest BCUT2D eigenvalue weighted by molar-refractivity contribution is -0.253. The fourth-order valence-electron chi connectivity index (χ4n) is 3.45. The first-order valence-electron chi connectivity index (χ1n) is 10.5. The Morgan fingerprint density at radius 3 is 2.15 bits per heavy atom. The zero-order valence-electron chi connectivity index (χ0n) is 18.3. The van der Waals surface area contributed by atoms with Gasteiger partial charge in [-0.05, 0) is 72.2 Å². The molecule has 176 valence electrons. The van der Waals surface area contributed by atoms with E-state index in [1.54, 1.807) is 36.4 Å². The normalized spacial score (nSPS) is 12.1. The van der Waals surface area contributed by atoms with Crippen LogP contribution in [-0.2, 0) is 11.8 Å². The average molecular weight is 464 g/mol. The summed E-state index contributed by atoms with van der Waals surface area (Å²) in [4.78, 5) is 0. The Hall–Kier alpha value is -3.09. The second-order valence-corrected chi connectivity index (χ2v) is 8.41. The van der Waals surface area contributed by atoms with Crippen LogP contribution in [0.25, 0.3) is 0 Å². The maximum atomic E-state index is 14.1. The molecule has 0 spiro atoms. The molecule has 3 aromatic carbocycles. The van der Waals surface area contributed by atoms with Gasteiger partial charge in [0.2, 0.25) is 0 Å². The van der Waals surface area contributed by atoms with Gasteiger partial charge in [-0.3, -0.25) is 0 Å². The topological polar surface area (TPSA) is 18.5 Å². The monoisotopic (exact) mass is 464 g/mol. The number of para-hydroxylation sites is 1. The van der Waals surface area contributed by atoms with Crippen LogP contribution in [0.5, 0.6) is 17.2 Å². The van der Waals surface area contributed by atoms with Gasteiger partial charge in [0, 0.05) is 0 Å². The van der Waals surface area contributed by atoms with Crippen molar-refractivity contribution in [3.63, 3.8) is 0 Å². The highest BCUT2D eigenvalue weighted by Gasteiger charge is 2.44. The summed E-state index contributed by atoms with van der Waals surface area (Å²) >= 11 is 0. The third kappa shape index (κ3) is 6.70. The summed E-state index contributed by atoms with van der Waals surface area (Å²) in [5, 5.41) is 0. The molecule has 0 aromatic heterocycles. The predicted octanol–water partition coefficient (Wildman–Crippen LogP) is 8.16. The van der Waals surface area contributed by atoms with E-state index >= 15 is 0 Å².